The fourth-order valence-electron chi connectivity index (χ4n) is 0.832. The van der Waals surface area contributed by atoms with Gasteiger partial charge in [-0.1, -0.05) is 15.9 Å². The first-order chi connectivity index (χ1) is 6.22. The Balaban J connectivity index is 2.30. The van der Waals surface area contributed by atoms with Crippen LogP contribution in [0.4, 0.5) is 0 Å². The van der Waals surface area contributed by atoms with Crippen LogP contribution < -0.4 is 5.32 Å². The third-order valence-electron chi connectivity index (χ3n) is 1.43. The van der Waals surface area contributed by atoms with Gasteiger partial charge >= 0.3 is 0 Å². The van der Waals surface area contributed by atoms with E-state index in [1.807, 2.05) is 13.1 Å². The van der Waals surface area contributed by atoms with Crippen LogP contribution in [0.3, 0.4) is 0 Å². The van der Waals surface area contributed by atoms with Crippen molar-refractivity contribution in [1.29, 1.82) is 0 Å². The van der Waals surface area contributed by atoms with Gasteiger partial charge in [-0.25, -0.2) is 4.98 Å². The van der Waals surface area contributed by atoms with Gasteiger partial charge in [0.25, 0.3) is 0 Å². The molecule has 0 atom stereocenters. The van der Waals surface area contributed by atoms with E-state index in [-0.39, 0.29) is 5.91 Å². The molecular weight excluding hydrogens is 252 g/mol. The number of carbonyl (C=O) groups is 1. The summed E-state index contributed by atoms with van der Waals surface area (Å²) >= 11 is 4.82. The van der Waals surface area contributed by atoms with E-state index in [0.29, 0.717) is 18.3 Å². The van der Waals surface area contributed by atoms with Gasteiger partial charge in [-0.2, -0.15) is 0 Å². The minimum atomic E-state index is 0.0599. The Kier molecular flexibility index (Phi) is 4.38. The lowest BCUT2D eigenvalue weighted by molar-refractivity contribution is -0.120. The first kappa shape index (κ1) is 10.7. The molecule has 1 rings (SSSR count). The van der Waals surface area contributed by atoms with Crippen molar-refractivity contribution in [3.63, 3.8) is 0 Å². The Morgan fingerprint density at radius 3 is 3.08 bits per heavy atom. The van der Waals surface area contributed by atoms with Gasteiger partial charge in [0.15, 0.2) is 0 Å². The largest absolute Gasteiger partial charge is 0.350 e. The lowest BCUT2D eigenvalue weighted by Crippen LogP contribution is -2.22. The highest BCUT2D eigenvalue weighted by Gasteiger charge is 2.01. The molecule has 0 spiro atoms. The highest BCUT2D eigenvalue weighted by Crippen LogP contribution is 2.10. The maximum Gasteiger partial charge on any atom is 0.221 e. The van der Waals surface area contributed by atoms with Crippen molar-refractivity contribution < 1.29 is 4.79 Å². The second-order valence-electron chi connectivity index (χ2n) is 2.58. The molecule has 0 radical (unpaired) electrons. The number of alkyl halides is 1. The molecule has 1 amide bonds. The molecule has 0 fully saturated rings. The normalized spacial score (nSPS) is 10.0. The van der Waals surface area contributed by atoms with Gasteiger partial charge in [0, 0.05) is 22.8 Å². The number of carbonyl (C=O) groups excluding carboxylic acids is 1. The Hall–Kier alpha value is -0.420. The number of halogens is 1. The molecule has 0 saturated carbocycles. The minimum absolute atomic E-state index is 0.0599. The third kappa shape index (κ3) is 3.87. The Bertz CT molecular complexity index is 287. The van der Waals surface area contributed by atoms with E-state index < -0.39 is 0 Å². The lowest BCUT2D eigenvalue weighted by atomic mass is 10.4. The molecule has 72 valence electrons. The number of aromatic nitrogens is 1. The predicted octanol–water partition coefficient (Wildman–Crippen LogP) is 1.85. The summed E-state index contributed by atoms with van der Waals surface area (Å²) in [5.41, 5.74) is 0. The van der Waals surface area contributed by atoms with Crippen LogP contribution in [-0.2, 0) is 11.3 Å². The predicted molar refractivity (Wildman–Crippen MR) is 57.1 cm³/mol. The van der Waals surface area contributed by atoms with Crippen molar-refractivity contribution in [2.45, 2.75) is 19.9 Å². The van der Waals surface area contributed by atoms with Gasteiger partial charge < -0.3 is 5.32 Å². The topological polar surface area (TPSA) is 42.0 Å². The Morgan fingerprint density at radius 2 is 2.54 bits per heavy atom. The number of hydrogen-bond donors (Lipinski definition) is 1. The molecule has 13 heavy (non-hydrogen) atoms. The van der Waals surface area contributed by atoms with Gasteiger partial charge in [-0.05, 0) is 6.92 Å². The van der Waals surface area contributed by atoms with Gasteiger partial charge in [0.1, 0.15) is 5.01 Å². The van der Waals surface area contributed by atoms with Gasteiger partial charge in [-0.15, -0.1) is 11.3 Å². The first-order valence-electron chi connectivity index (χ1n) is 3.96. The molecule has 1 N–H and O–H groups in total. The fraction of sp³-hybridized carbons (Fsp3) is 0.500. The summed E-state index contributed by atoms with van der Waals surface area (Å²) in [6.07, 6.45) is 2.33. The van der Waals surface area contributed by atoms with Crippen molar-refractivity contribution in [1.82, 2.24) is 10.3 Å². The summed E-state index contributed by atoms with van der Waals surface area (Å²) in [7, 11) is 0. The van der Waals surface area contributed by atoms with Crippen molar-refractivity contribution in [2.75, 3.05) is 5.33 Å². The second-order valence-corrected chi connectivity index (χ2v) is 4.69. The minimum Gasteiger partial charge on any atom is -0.350 e. The molecule has 1 aromatic heterocycles. The van der Waals surface area contributed by atoms with Crippen LogP contribution in [0.2, 0.25) is 0 Å². The van der Waals surface area contributed by atoms with Crippen LogP contribution in [0.1, 0.15) is 16.3 Å². The average molecular weight is 263 g/mol. The number of hydrogen-bond acceptors (Lipinski definition) is 3. The van der Waals surface area contributed by atoms with Gasteiger partial charge in [0.2, 0.25) is 5.91 Å². The molecule has 1 aromatic rings. The highest BCUT2D eigenvalue weighted by atomic mass is 79.9. The van der Waals surface area contributed by atoms with Crippen molar-refractivity contribution in [2.24, 2.45) is 0 Å². The molecule has 0 aromatic carbocycles. The molecular formula is C8H11BrN2OS. The number of rotatable bonds is 4. The highest BCUT2D eigenvalue weighted by molar-refractivity contribution is 9.09. The summed E-state index contributed by atoms with van der Waals surface area (Å²) in [6, 6.07) is 0. The van der Waals surface area contributed by atoms with Crippen molar-refractivity contribution in [3.8, 4) is 0 Å². The standard InChI is InChI=1S/C8H11BrN2OS/c1-6-4-11-8(13-6)5-10-7(12)2-3-9/h4H,2-3,5H2,1H3,(H,10,12). The zero-order valence-corrected chi connectivity index (χ0v) is 9.74. The van der Waals surface area contributed by atoms with Crippen LogP contribution in [-0.4, -0.2) is 16.2 Å². The molecule has 0 aliphatic heterocycles. The molecule has 0 saturated heterocycles. The Morgan fingerprint density at radius 1 is 1.77 bits per heavy atom. The number of nitrogens with zero attached hydrogens (tertiary/aromatic N) is 1. The lowest BCUT2D eigenvalue weighted by Gasteiger charge is -1.99. The molecule has 0 bridgehead atoms. The smallest absolute Gasteiger partial charge is 0.221 e. The molecule has 0 unspecified atom stereocenters. The third-order valence-corrected chi connectivity index (χ3v) is 2.74. The van der Waals surface area contributed by atoms with Crippen LogP contribution >= 0.6 is 27.3 Å². The average Bonchev–Trinajstić information content (AvgIpc) is 2.49. The zero-order valence-electron chi connectivity index (χ0n) is 7.34. The summed E-state index contributed by atoms with van der Waals surface area (Å²) in [6.45, 7) is 2.55. The van der Waals surface area contributed by atoms with E-state index in [1.165, 1.54) is 4.88 Å². The SMILES string of the molecule is Cc1cnc(CNC(=O)CCBr)s1. The Labute approximate surface area is 89.7 Å². The van der Waals surface area contributed by atoms with E-state index >= 15 is 0 Å². The monoisotopic (exact) mass is 262 g/mol. The maximum atomic E-state index is 11.1. The van der Waals surface area contributed by atoms with E-state index in [9.17, 15) is 4.79 Å². The summed E-state index contributed by atoms with van der Waals surface area (Å²) in [4.78, 5) is 16.4. The quantitative estimate of drug-likeness (QED) is 0.842. The van der Waals surface area contributed by atoms with Crippen LogP contribution in [0.5, 0.6) is 0 Å². The molecule has 1 heterocycles. The summed E-state index contributed by atoms with van der Waals surface area (Å²) < 4.78 is 0. The number of nitrogens with one attached hydrogen (secondary N) is 1. The van der Waals surface area contributed by atoms with Crippen molar-refractivity contribution in [3.05, 3.63) is 16.1 Å². The summed E-state index contributed by atoms with van der Waals surface area (Å²) in [5.74, 6) is 0.0599. The number of aryl methyl sites for hydroxylation is 1. The summed E-state index contributed by atoms with van der Waals surface area (Å²) in [5, 5.41) is 4.45. The van der Waals surface area contributed by atoms with E-state index in [2.05, 4.69) is 26.2 Å². The van der Waals surface area contributed by atoms with Crippen LogP contribution in [0, 0.1) is 6.92 Å². The molecule has 0 aliphatic carbocycles. The number of thiazole rings is 1. The van der Waals surface area contributed by atoms with Crippen molar-refractivity contribution >= 4 is 33.2 Å². The van der Waals surface area contributed by atoms with Gasteiger partial charge in [0.05, 0.1) is 6.54 Å². The van der Waals surface area contributed by atoms with E-state index in [1.54, 1.807) is 11.3 Å². The van der Waals surface area contributed by atoms with E-state index in [0.717, 1.165) is 5.01 Å². The van der Waals surface area contributed by atoms with Crippen LogP contribution in [0.15, 0.2) is 6.20 Å². The maximum absolute atomic E-state index is 11.1. The zero-order chi connectivity index (χ0) is 9.68. The first-order valence-corrected chi connectivity index (χ1v) is 5.90. The molecule has 5 heteroatoms. The van der Waals surface area contributed by atoms with Gasteiger partial charge in [-0.3, -0.25) is 4.79 Å². The second kappa shape index (κ2) is 5.34. The van der Waals surface area contributed by atoms with Crippen LogP contribution in [0.25, 0.3) is 0 Å². The molecule has 0 aliphatic rings. The molecule has 3 nitrogen and oxygen atoms in total. The number of amides is 1. The fourth-order valence-corrected chi connectivity index (χ4v) is 1.92. The van der Waals surface area contributed by atoms with E-state index in [4.69, 9.17) is 0 Å².